The molecule has 2 N–H and O–H groups in total. The summed E-state index contributed by atoms with van der Waals surface area (Å²) in [5.74, 6) is 5.74. The molecule has 0 aromatic heterocycles. The van der Waals surface area contributed by atoms with Crippen LogP contribution in [0.15, 0.2) is 0 Å². The van der Waals surface area contributed by atoms with E-state index >= 15 is 0 Å². The molecular formula is C13H22O4. The van der Waals surface area contributed by atoms with Crippen LogP contribution in [-0.2, 0) is 9.47 Å². The van der Waals surface area contributed by atoms with Crippen LogP contribution in [0.4, 0.5) is 0 Å². The highest BCUT2D eigenvalue weighted by Crippen LogP contribution is 2.13. The van der Waals surface area contributed by atoms with Crippen molar-refractivity contribution < 1.29 is 19.7 Å². The van der Waals surface area contributed by atoms with Crippen molar-refractivity contribution in [2.75, 3.05) is 19.8 Å². The Bertz CT molecular complexity index is 238. The van der Waals surface area contributed by atoms with E-state index in [-0.39, 0.29) is 12.9 Å². The van der Waals surface area contributed by atoms with Gasteiger partial charge in [-0.3, -0.25) is 0 Å². The Morgan fingerprint density at radius 1 is 1.35 bits per heavy atom. The van der Waals surface area contributed by atoms with Crippen molar-refractivity contribution in [2.24, 2.45) is 0 Å². The molecular weight excluding hydrogens is 220 g/mol. The second-order valence-electron chi connectivity index (χ2n) is 4.18. The van der Waals surface area contributed by atoms with E-state index in [0.29, 0.717) is 25.9 Å². The van der Waals surface area contributed by atoms with E-state index in [1.54, 1.807) is 0 Å². The molecule has 1 aliphatic heterocycles. The maximum Gasteiger partial charge on any atom is 0.158 e. The SMILES string of the molecule is OCCC[C@H](O)CC#CCO[C@H]1CCCCO1. The van der Waals surface area contributed by atoms with Gasteiger partial charge in [-0.15, -0.1) is 0 Å². The summed E-state index contributed by atoms with van der Waals surface area (Å²) in [5, 5.41) is 18.0. The Kier molecular flexibility index (Phi) is 8.02. The fourth-order valence-corrected chi connectivity index (χ4v) is 1.65. The minimum atomic E-state index is -0.444. The quantitative estimate of drug-likeness (QED) is 0.684. The van der Waals surface area contributed by atoms with Crippen LogP contribution in [0.1, 0.15) is 38.5 Å². The normalized spacial score (nSPS) is 21.6. The van der Waals surface area contributed by atoms with Gasteiger partial charge in [0.2, 0.25) is 0 Å². The predicted octanol–water partition coefficient (Wildman–Crippen LogP) is 1.06. The number of rotatable bonds is 6. The van der Waals surface area contributed by atoms with E-state index in [1.165, 1.54) is 0 Å². The van der Waals surface area contributed by atoms with Crippen LogP contribution in [-0.4, -0.2) is 42.4 Å². The smallest absolute Gasteiger partial charge is 0.158 e. The van der Waals surface area contributed by atoms with Crippen LogP contribution in [0.2, 0.25) is 0 Å². The molecule has 1 heterocycles. The highest BCUT2D eigenvalue weighted by Gasteiger charge is 2.12. The summed E-state index contributed by atoms with van der Waals surface area (Å²) in [6.45, 7) is 1.25. The molecule has 2 atom stereocenters. The Morgan fingerprint density at radius 3 is 2.94 bits per heavy atom. The number of ether oxygens (including phenoxy) is 2. The molecule has 0 spiro atoms. The second kappa shape index (κ2) is 9.43. The molecule has 0 unspecified atom stereocenters. The molecule has 0 bridgehead atoms. The Morgan fingerprint density at radius 2 is 2.24 bits per heavy atom. The lowest BCUT2D eigenvalue weighted by atomic mass is 10.1. The summed E-state index contributed by atoms with van der Waals surface area (Å²) in [7, 11) is 0. The molecule has 1 rings (SSSR count). The number of hydrogen-bond acceptors (Lipinski definition) is 4. The summed E-state index contributed by atoms with van der Waals surface area (Å²) in [4.78, 5) is 0. The van der Waals surface area contributed by atoms with Gasteiger partial charge in [0.1, 0.15) is 6.61 Å². The monoisotopic (exact) mass is 242 g/mol. The Hall–Kier alpha value is -0.600. The standard InChI is InChI=1S/C13H22O4/c14-9-5-7-12(15)6-1-3-10-16-13-8-2-4-11-17-13/h12-15H,2,4-11H2/t12-,13-/m1/s1. The van der Waals surface area contributed by atoms with Gasteiger partial charge in [-0.1, -0.05) is 11.8 Å². The first-order chi connectivity index (χ1) is 8.33. The van der Waals surface area contributed by atoms with Crippen molar-refractivity contribution in [2.45, 2.75) is 50.9 Å². The van der Waals surface area contributed by atoms with Gasteiger partial charge >= 0.3 is 0 Å². The summed E-state index contributed by atoms with van der Waals surface area (Å²) in [6, 6.07) is 0. The lowest BCUT2D eigenvalue weighted by Gasteiger charge is -2.21. The molecule has 0 aromatic carbocycles. The number of hydrogen-bond donors (Lipinski definition) is 2. The Labute approximate surface area is 103 Å². The first kappa shape index (κ1) is 14.5. The highest BCUT2D eigenvalue weighted by molar-refractivity contribution is 5.00. The van der Waals surface area contributed by atoms with Gasteiger partial charge < -0.3 is 19.7 Å². The van der Waals surface area contributed by atoms with Gasteiger partial charge in [-0.05, 0) is 32.1 Å². The minimum absolute atomic E-state index is 0.0997. The molecule has 4 heteroatoms. The summed E-state index contributed by atoms with van der Waals surface area (Å²) >= 11 is 0. The maximum absolute atomic E-state index is 9.45. The van der Waals surface area contributed by atoms with E-state index < -0.39 is 6.10 Å². The highest BCUT2D eigenvalue weighted by atomic mass is 16.7. The first-order valence-corrected chi connectivity index (χ1v) is 6.31. The molecule has 0 radical (unpaired) electrons. The fourth-order valence-electron chi connectivity index (χ4n) is 1.65. The maximum atomic E-state index is 9.45. The van der Waals surface area contributed by atoms with Gasteiger partial charge in [-0.2, -0.15) is 0 Å². The van der Waals surface area contributed by atoms with Crippen molar-refractivity contribution in [3.8, 4) is 11.8 Å². The molecule has 17 heavy (non-hydrogen) atoms. The third-order valence-corrected chi connectivity index (χ3v) is 2.64. The van der Waals surface area contributed by atoms with Crippen molar-refractivity contribution in [1.82, 2.24) is 0 Å². The van der Waals surface area contributed by atoms with Crippen LogP contribution in [0.25, 0.3) is 0 Å². The van der Waals surface area contributed by atoms with E-state index in [0.717, 1.165) is 25.9 Å². The Balaban J connectivity index is 2.01. The van der Waals surface area contributed by atoms with Gasteiger partial charge in [0.05, 0.1) is 6.10 Å². The van der Waals surface area contributed by atoms with E-state index in [9.17, 15) is 5.11 Å². The van der Waals surface area contributed by atoms with Crippen LogP contribution in [0.5, 0.6) is 0 Å². The predicted molar refractivity (Wildman–Crippen MR) is 64.3 cm³/mol. The van der Waals surface area contributed by atoms with Crippen molar-refractivity contribution in [3.63, 3.8) is 0 Å². The third-order valence-electron chi connectivity index (χ3n) is 2.64. The van der Waals surface area contributed by atoms with Crippen LogP contribution >= 0.6 is 0 Å². The molecule has 0 aliphatic carbocycles. The van der Waals surface area contributed by atoms with Gasteiger partial charge in [0.15, 0.2) is 6.29 Å². The number of aliphatic hydroxyl groups excluding tert-OH is 2. The van der Waals surface area contributed by atoms with Crippen molar-refractivity contribution in [1.29, 1.82) is 0 Å². The zero-order valence-electron chi connectivity index (χ0n) is 10.2. The first-order valence-electron chi connectivity index (χ1n) is 6.31. The molecule has 0 saturated carbocycles. The molecule has 1 saturated heterocycles. The minimum Gasteiger partial charge on any atom is -0.396 e. The molecule has 0 amide bonds. The van der Waals surface area contributed by atoms with Crippen LogP contribution in [0, 0.1) is 11.8 Å². The molecule has 98 valence electrons. The largest absolute Gasteiger partial charge is 0.396 e. The lowest BCUT2D eigenvalue weighted by Crippen LogP contribution is -2.22. The fraction of sp³-hybridized carbons (Fsp3) is 0.846. The topological polar surface area (TPSA) is 58.9 Å². The summed E-state index contributed by atoms with van der Waals surface area (Å²) < 4.78 is 10.8. The van der Waals surface area contributed by atoms with Gasteiger partial charge in [-0.25, -0.2) is 0 Å². The molecule has 0 aromatic rings. The van der Waals surface area contributed by atoms with Gasteiger partial charge in [0.25, 0.3) is 0 Å². The summed E-state index contributed by atoms with van der Waals surface area (Å²) in [6.07, 6.45) is 4.32. The zero-order chi connectivity index (χ0) is 12.3. The number of aliphatic hydroxyl groups is 2. The molecule has 1 aliphatic rings. The average molecular weight is 242 g/mol. The third kappa shape index (κ3) is 7.35. The second-order valence-corrected chi connectivity index (χ2v) is 4.18. The molecule has 1 fully saturated rings. The summed E-state index contributed by atoms with van der Waals surface area (Å²) in [5.41, 5.74) is 0. The van der Waals surface area contributed by atoms with Crippen LogP contribution in [0.3, 0.4) is 0 Å². The zero-order valence-corrected chi connectivity index (χ0v) is 10.2. The van der Waals surface area contributed by atoms with E-state index in [4.69, 9.17) is 14.6 Å². The average Bonchev–Trinajstić information content (AvgIpc) is 2.37. The van der Waals surface area contributed by atoms with E-state index in [1.807, 2.05) is 0 Å². The van der Waals surface area contributed by atoms with Gasteiger partial charge in [0, 0.05) is 19.6 Å². The van der Waals surface area contributed by atoms with Crippen molar-refractivity contribution >= 4 is 0 Å². The van der Waals surface area contributed by atoms with E-state index in [2.05, 4.69) is 11.8 Å². The van der Waals surface area contributed by atoms with Crippen LogP contribution < -0.4 is 0 Å². The molecule has 4 nitrogen and oxygen atoms in total. The lowest BCUT2D eigenvalue weighted by molar-refractivity contribution is -0.154. The van der Waals surface area contributed by atoms with Crippen molar-refractivity contribution in [3.05, 3.63) is 0 Å².